The summed E-state index contributed by atoms with van der Waals surface area (Å²) in [5.74, 6) is 0.205. The van der Waals surface area contributed by atoms with Crippen LogP contribution in [0, 0.1) is 0 Å². The van der Waals surface area contributed by atoms with Gasteiger partial charge in [-0.15, -0.1) is 0 Å². The van der Waals surface area contributed by atoms with Gasteiger partial charge in [-0.3, -0.25) is 0 Å². The van der Waals surface area contributed by atoms with Gasteiger partial charge in [0.1, 0.15) is 0 Å². The van der Waals surface area contributed by atoms with Crippen molar-refractivity contribution in [2.24, 2.45) is 0 Å². The molecule has 5 nitrogen and oxygen atoms in total. The Morgan fingerprint density at radius 2 is 1.50 bits per heavy atom. The quantitative estimate of drug-likeness (QED) is 0.499. The summed E-state index contributed by atoms with van der Waals surface area (Å²) >= 11 is 0. The summed E-state index contributed by atoms with van der Waals surface area (Å²) in [7, 11) is -2.96. The van der Waals surface area contributed by atoms with Gasteiger partial charge in [0.05, 0.1) is 18.1 Å². The first kappa shape index (κ1) is 21.3. The van der Waals surface area contributed by atoms with Crippen LogP contribution in [0.3, 0.4) is 0 Å². The van der Waals surface area contributed by atoms with Gasteiger partial charge in [-0.1, -0.05) is 71.1 Å². The highest BCUT2D eigenvalue weighted by atomic mass is 32.2. The third-order valence-electron chi connectivity index (χ3n) is 4.54. The summed E-state index contributed by atoms with van der Waals surface area (Å²) in [6.07, 6.45) is 13.9. The Kier molecular flexibility index (Phi) is 11.1. The van der Waals surface area contributed by atoms with Gasteiger partial charge in [0.25, 0.3) is 0 Å². The maximum absolute atomic E-state index is 11.6. The van der Waals surface area contributed by atoms with E-state index in [2.05, 4.69) is 12.2 Å². The van der Waals surface area contributed by atoms with Crippen molar-refractivity contribution in [3.05, 3.63) is 0 Å². The van der Waals surface area contributed by atoms with Gasteiger partial charge in [0.15, 0.2) is 9.84 Å². The highest BCUT2D eigenvalue weighted by molar-refractivity contribution is 7.91. The molecule has 0 spiro atoms. The van der Waals surface area contributed by atoms with Gasteiger partial charge in [0, 0.05) is 6.04 Å². The lowest BCUT2D eigenvalue weighted by Crippen LogP contribution is -2.36. The van der Waals surface area contributed by atoms with Gasteiger partial charge < -0.3 is 10.1 Å². The van der Waals surface area contributed by atoms with Crippen LogP contribution in [0.1, 0.15) is 84.0 Å². The molecule has 1 rings (SSSR count). The molecular formula is C18H35NO4S. The summed E-state index contributed by atoms with van der Waals surface area (Å²) in [6, 6.07) is -0.278. The largest absolute Gasteiger partial charge is 0.450 e. The maximum atomic E-state index is 11.6. The van der Waals surface area contributed by atoms with E-state index in [9.17, 15) is 13.2 Å². The first-order chi connectivity index (χ1) is 11.5. The predicted molar refractivity (Wildman–Crippen MR) is 98.0 cm³/mol. The summed E-state index contributed by atoms with van der Waals surface area (Å²) in [6.45, 7) is 2.66. The SMILES string of the molecule is CCCCCCCCCCCCCOC(=O)NC1CCS(=O)(=O)C1. The molecule has 1 aliphatic heterocycles. The second kappa shape index (κ2) is 12.6. The second-order valence-electron chi connectivity index (χ2n) is 6.92. The zero-order valence-electron chi connectivity index (χ0n) is 15.2. The lowest BCUT2D eigenvalue weighted by atomic mass is 10.1. The highest BCUT2D eigenvalue weighted by Crippen LogP contribution is 2.12. The van der Waals surface area contributed by atoms with Gasteiger partial charge in [0.2, 0.25) is 0 Å². The van der Waals surface area contributed by atoms with Crippen LogP contribution in [-0.2, 0) is 14.6 Å². The molecule has 0 aromatic rings. The number of carbonyl (C=O) groups excluding carboxylic acids is 1. The average Bonchev–Trinajstić information content (AvgIpc) is 2.87. The van der Waals surface area contributed by atoms with Crippen molar-refractivity contribution in [1.82, 2.24) is 5.32 Å². The maximum Gasteiger partial charge on any atom is 0.407 e. The molecule has 6 heteroatoms. The minimum absolute atomic E-state index is 0.0422. The average molecular weight is 362 g/mol. The van der Waals surface area contributed by atoms with Crippen molar-refractivity contribution >= 4 is 15.9 Å². The van der Waals surface area contributed by atoms with Gasteiger partial charge in [-0.05, 0) is 12.8 Å². The number of nitrogens with one attached hydrogen (secondary N) is 1. The Morgan fingerprint density at radius 3 is 2.00 bits per heavy atom. The van der Waals surface area contributed by atoms with E-state index in [1.807, 2.05) is 0 Å². The zero-order valence-corrected chi connectivity index (χ0v) is 16.0. The summed E-state index contributed by atoms with van der Waals surface area (Å²) in [5, 5.41) is 2.63. The standard InChI is InChI=1S/C18H35NO4S/c1-2-3-4-5-6-7-8-9-10-11-12-14-23-18(20)19-17-13-15-24(21,22)16-17/h17H,2-16H2,1H3,(H,19,20). The van der Waals surface area contributed by atoms with E-state index in [-0.39, 0.29) is 17.5 Å². The fraction of sp³-hybridized carbons (Fsp3) is 0.944. The van der Waals surface area contributed by atoms with Crippen LogP contribution in [-0.4, -0.2) is 38.7 Å². The van der Waals surface area contributed by atoms with Crippen LogP contribution in [0.15, 0.2) is 0 Å². The lowest BCUT2D eigenvalue weighted by Gasteiger charge is -2.11. The molecule has 1 fully saturated rings. The third-order valence-corrected chi connectivity index (χ3v) is 6.30. The molecule has 24 heavy (non-hydrogen) atoms. The Balaban J connectivity index is 1.84. The molecule has 0 bridgehead atoms. The molecule has 1 amide bonds. The number of hydrogen-bond acceptors (Lipinski definition) is 4. The van der Waals surface area contributed by atoms with E-state index in [0.29, 0.717) is 13.0 Å². The highest BCUT2D eigenvalue weighted by Gasteiger charge is 2.29. The van der Waals surface area contributed by atoms with E-state index in [1.165, 1.54) is 57.8 Å². The fourth-order valence-electron chi connectivity index (χ4n) is 3.05. The van der Waals surface area contributed by atoms with Crippen LogP contribution in [0.2, 0.25) is 0 Å². The Morgan fingerprint density at radius 1 is 0.958 bits per heavy atom. The fourth-order valence-corrected chi connectivity index (χ4v) is 4.72. The van der Waals surface area contributed by atoms with E-state index in [0.717, 1.165) is 12.8 Å². The number of alkyl carbamates (subject to hydrolysis) is 1. The number of sulfone groups is 1. The minimum Gasteiger partial charge on any atom is -0.450 e. The van der Waals surface area contributed by atoms with Crippen molar-refractivity contribution in [3.63, 3.8) is 0 Å². The molecular weight excluding hydrogens is 326 g/mol. The van der Waals surface area contributed by atoms with Crippen LogP contribution in [0.4, 0.5) is 4.79 Å². The Hall–Kier alpha value is -0.780. The summed E-state index contributed by atoms with van der Waals surface area (Å²) in [5.41, 5.74) is 0. The number of amides is 1. The van der Waals surface area contributed by atoms with Crippen molar-refractivity contribution < 1.29 is 17.9 Å². The first-order valence-corrected chi connectivity index (χ1v) is 11.5. The Bertz CT molecular complexity index is 436. The molecule has 0 aliphatic carbocycles. The molecule has 0 radical (unpaired) electrons. The first-order valence-electron chi connectivity index (χ1n) is 9.67. The van der Waals surface area contributed by atoms with E-state index in [1.54, 1.807) is 0 Å². The zero-order chi connectivity index (χ0) is 17.7. The summed E-state index contributed by atoms with van der Waals surface area (Å²) in [4.78, 5) is 11.6. The predicted octanol–water partition coefficient (Wildman–Crippen LogP) is 4.21. The number of rotatable bonds is 13. The monoisotopic (exact) mass is 361 g/mol. The van der Waals surface area contributed by atoms with Crippen molar-refractivity contribution in [3.8, 4) is 0 Å². The lowest BCUT2D eigenvalue weighted by molar-refractivity contribution is 0.141. The molecule has 1 heterocycles. The number of carbonyl (C=O) groups is 1. The molecule has 0 aromatic carbocycles. The molecule has 1 atom stereocenters. The van der Waals surface area contributed by atoms with Crippen LogP contribution < -0.4 is 5.32 Å². The number of unbranched alkanes of at least 4 members (excludes halogenated alkanes) is 10. The molecule has 1 aliphatic rings. The van der Waals surface area contributed by atoms with Crippen LogP contribution >= 0.6 is 0 Å². The Labute approximate surface area is 147 Å². The normalized spacial score (nSPS) is 19.3. The van der Waals surface area contributed by atoms with Gasteiger partial charge >= 0.3 is 6.09 Å². The molecule has 142 valence electrons. The van der Waals surface area contributed by atoms with Gasteiger partial charge in [-0.25, -0.2) is 13.2 Å². The second-order valence-corrected chi connectivity index (χ2v) is 9.14. The van der Waals surface area contributed by atoms with E-state index >= 15 is 0 Å². The molecule has 1 unspecified atom stereocenters. The van der Waals surface area contributed by atoms with Gasteiger partial charge in [-0.2, -0.15) is 0 Å². The van der Waals surface area contributed by atoms with Crippen molar-refractivity contribution in [2.75, 3.05) is 18.1 Å². The summed E-state index contributed by atoms with van der Waals surface area (Å²) < 4.78 is 27.7. The van der Waals surface area contributed by atoms with Crippen molar-refractivity contribution in [1.29, 1.82) is 0 Å². The number of hydrogen-bond donors (Lipinski definition) is 1. The number of ether oxygens (including phenoxy) is 1. The molecule has 1 N–H and O–H groups in total. The van der Waals surface area contributed by atoms with E-state index in [4.69, 9.17) is 4.74 Å². The van der Waals surface area contributed by atoms with Crippen LogP contribution in [0.5, 0.6) is 0 Å². The smallest absolute Gasteiger partial charge is 0.407 e. The van der Waals surface area contributed by atoms with E-state index < -0.39 is 15.9 Å². The molecule has 0 saturated carbocycles. The minimum atomic E-state index is -2.96. The molecule has 1 saturated heterocycles. The third kappa shape index (κ3) is 10.9. The topological polar surface area (TPSA) is 72.5 Å². The van der Waals surface area contributed by atoms with Crippen molar-refractivity contribution in [2.45, 2.75) is 90.0 Å². The van der Waals surface area contributed by atoms with Crippen LogP contribution in [0.25, 0.3) is 0 Å². The molecule has 0 aromatic heterocycles.